The third kappa shape index (κ3) is 2.89. The number of fused-ring (bicyclic) bond motifs is 1. The number of nitrogens with zero attached hydrogens (tertiary/aromatic N) is 2. The van der Waals surface area contributed by atoms with Gasteiger partial charge in [-0.25, -0.2) is 4.98 Å². The molecule has 110 valence electrons. The van der Waals surface area contributed by atoms with Crippen LogP contribution in [0.3, 0.4) is 0 Å². The van der Waals surface area contributed by atoms with Crippen molar-refractivity contribution in [3.63, 3.8) is 0 Å². The number of nitrogens with two attached hydrogens (primary N) is 1. The Morgan fingerprint density at radius 1 is 1.33 bits per heavy atom. The van der Waals surface area contributed by atoms with Crippen LogP contribution in [-0.4, -0.2) is 11.0 Å². The normalized spacial score (nSPS) is 11.4. The lowest BCUT2D eigenvalue weighted by Crippen LogP contribution is -2.30. The van der Waals surface area contributed by atoms with E-state index in [0.717, 1.165) is 33.1 Å². The summed E-state index contributed by atoms with van der Waals surface area (Å²) in [5.41, 5.74) is 9.25. The van der Waals surface area contributed by atoms with Crippen molar-refractivity contribution < 1.29 is 0 Å². The Bertz CT molecular complexity index is 744. The van der Waals surface area contributed by atoms with Crippen LogP contribution in [0.15, 0.2) is 29.6 Å². The first-order valence-corrected chi connectivity index (χ1v) is 8.70. The average molecular weight is 317 g/mol. The van der Waals surface area contributed by atoms with Gasteiger partial charge >= 0.3 is 0 Å². The second-order valence-electron chi connectivity index (χ2n) is 5.41. The molecule has 0 spiro atoms. The molecular formula is C16H19N3S2. The van der Waals surface area contributed by atoms with Crippen molar-refractivity contribution in [2.75, 3.05) is 10.6 Å². The van der Waals surface area contributed by atoms with Gasteiger partial charge < -0.3 is 10.6 Å². The van der Waals surface area contributed by atoms with Crippen LogP contribution in [0.2, 0.25) is 0 Å². The van der Waals surface area contributed by atoms with E-state index >= 15 is 0 Å². The van der Waals surface area contributed by atoms with E-state index in [9.17, 15) is 0 Å². The van der Waals surface area contributed by atoms with Crippen LogP contribution < -0.4 is 10.6 Å². The summed E-state index contributed by atoms with van der Waals surface area (Å²) in [5.74, 6) is 0. The fraction of sp³-hybridized carbons (Fsp3) is 0.312. The van der Waals surface area contributed by atoms with Crippen molar-refractivity contribution in [3.8, 4) is 0 Å². The summed E-state index contributed by atoms with van der Waals surface area (Å²) in [4.78, 5) is 8.28. The molecule has 21 heavy (non-hydrogen) atoms. The predicted molar refractivity (Wildman–Crippen MR) is 94.4 cm³/mol. The highest BCUT2D eigenvalue weighted by molar-refractivity contribution is 7.18. The molecule has 0 bridgehead atoms. The quantitative estimate of drug-likeness (QED) is 0.711. The van der Waals surface area contributed by atoms with E-state index < -0.39 is 0 Å². The van der Waals surface area contributed by atoms with E-state index in [1.807, 2.05) is 6.92 Å². The molecule has 0 aliphatic carbocycles. The molecular weight excluding hydrogens is 298 g/mol. The maximum atomic E-state index is 6.30. The highest BCUT2D eigenvalue weighted by atomic mass is 32.1. The Kier molecular flexibility index (Phi) is 3.87. The zero-order valence-electron chi connectivity index (χ0n) is 12.5. The largest absolute Gasteiger partial charge is 0.397 e. The number of benzene rings is 1. The maximum Gasteiger partial charge on any atom is 0.0907 e. The Morgan fingerprint density at radius 2 is 2.14 bits per heavy atom. The fourth-order valence-corrected chi connectivity index (χ4v) is 4.02. The van der Waals surface area contributed by atoms with Crippen molar-refractivity contribution in [3.05, 3.63) is 39.5 Å². The molecule has 0 saturated carbocycles. The monoisotopic (exact) mass is 317 g/mol. The number of anilines is 2. The van der Waals surface area contributed by atoms with Crippen molar-refractivity contribution in [1.29, 1.82) is 0 Å². The number of thiophene rings is 1. The highest BCUT2D eigenvalue weighted by Crippen LogP contribution is 2.34. The van der Waals surface area contributed by atoms with Gasteiger partial charge in [-0.15, -0.1) is 22.7 Å². The van der Waals surface area contributed by atoms with Crippen LogP contribution in [0.1, 0.15) is 23.7 Å². The summed E-state index contributed by atoms with van der Waals surface area (Å²) in [7, 11) is 0. The molecule has 0 aliphatic heterocycles. The molecule has 3 aromatic rings. The number of hydrogen-bond acceptors (Lipinski definition) is 5. The van der Waals surface area contributed by atoms with Gasteiger partial charge in [0.05, 0.1) is 33.1 Å². The summed E-state index contributed by atoms with van der Waals surface area (Å²) in [6, 6.07) is 8.82. The fourth-order valence-electron chi connectivity index (χ4n) is 2.46. The molecule has 0 atom stereocenters. The average Bonchev–Trinajstić information content (AvgIpc) is 3.03. The molecule has 2 N–H and O–H groups in total. The van der Waals surface area contributed by atoms with Gasteiger partial charge in [-0.2, -0.15) is 0 Å². The Morgan fingerprint density at radius 3 is 2.81 bits per heavy atom. The first-order valence-electron chi connectivity index (χ1n) is 7.00. The second-order valence-corrected chi connectivity index (χ2v) is 7.68. The van der Waals surface area contributed by atoms with E-state index in [-0.39, 0.29) is 0 Å². The van der Waals surface area contributed by atoms with Gasteiger partial charge in [0.25, 0.3) is 0 Å². The molecule has 0 radical (unpaired) electrons. The van der Waals surface area contributed by atoms with E-state index in [2.05, 4.69) is 53.4 Å². The van der Waals surface area contributed by atoms with E-state index in [1.54, 1.807) is 22.7 Å². The third-order valence-corrected chi connectivity index (χ3v) is 5.28. The van der Waals surface area contributed by atoms with Gasteiger partial charge in [0.15, 0.2) is 0 Å². The van der Waals surface area contributed by atoms with Gasteiger partial charge in [-0.3, -0.25) is 0 Å². The van der Waals surface area contributed by atoms with Gasteiger partial charge in [0.2, 0.25) is 0 Å². The van der Waals surface area contributed by atoms with Gasteiger partial charge in [-0.1, -0.05) is 6.07 Å². The summed E-state index contributed by atoms with van der Waals surface area (Å²) in [6.07, 6.45) is 0. The van der Waals surface area contributed by atoms with E-state index in [1.165, 1.54) is 4.88 Å². The molecule has 5 heteroatoms. The number of nitrogen functional groups attached to an aromatic ring is 1. The van der Waals surface area contributed by atoms with Crippen LogP contribution >= 0.6 is 22.7 Å². The van der Waals surface area contributed by atoms with Crippen molar-refractivity contribution in [1.82, 2.24) is 4.98 Å². The minimum Gasteiger partial charge on any atom is -0.397 e. The number of rotatable bonds is 4. The molecule has 0 amide bonds. The van der Waals surface area contributed by atoms with Gasteiger partial charge in [-0.05, 0) is 44.4 Å². The van der Waals surface area contributed by atoms with E-state index in [4.69, 9.17) is 5.73 Å². The number of thiazole rings is 1. The molecule has 3 nitrogen and oxygen atoms in total. The maximum absolute atomic E-state index is 6.30. The van der Waals surface area contributed by atoms with Crippen molar-refractivity contribution in [2.24, 2.45) is 0 Å². The first-order chi connectivity index (χ1) is 10.0. The lowest BCUT2D eigenvalue weighted by molar-refractivity contribution is 0.688. The number of aryl methyl sites for hydroxylation is 1. The Labute approximate surface area is 133 Å². The van der Waals surface area contributed by atoms with Crippen LogP contribution in [0.5, 0.6) is 0 Å². The first kappa shape index (κ1) is 14.4. The van der Waals surface area contributed by atoms with Crippen molar-refractivity contribution in [2.45, 2.75) is 33.4 Å². The Hall–Kier alpha value is -1.59. The molecule has 2 heterocycles. The summed E-state index contributed by atoms with van der Waals surface area (Å²) >= 11 is 3.47. The Balaban J connectivity index is 2.03. The van der Waals surface area contributed by atoms with E-state index in [0.29, 0.717) is 6.04 Å². The molecule has 2 aromatic heterocycles. The summed E-state index contributed by atoms with van der Waals surface area (Å²) in [5, 5.41) is 3.19. The summed E-state index contributed by atoms with van der Waals surface area (Å²) < 4.78 is 1.16. The van der Waals surface area contributed by atoms with Gasteiger partial charge in [0.1, 0.15) is 0 Å². The number of aromatic nitrogens is 1. The number of hydrogen-bond donors (Lipinski definition) is 1. The minimum absolute atomic E-state index is 0.381. The predicted octanol–water partition coefficient (Wildman–Crippen LogP) is 4.66. The molecule has 0 unspecified atom stereocenters. The highest BCUT2D eigenvalue weighted by Gasteiger charge is 2.16. The van der Waals surface area contributed by atoms with Crippen LogP contribution in [-0.2, 0) is 6.54 Å². The van der Waals surface area contributed by atoms with Crippen LogP contribution in [0, 0.1) is 6.92 Å². The molecule has 0 fully saturated rings. The van der Waals surface area contributed by atoms with Crippen LogP contribution in [0.25, 0.3) is 10.2 Å². The SMILES string of the molecule is Cc1nc2cc(N(Cc3cccs3)C(C)C)c(N)cc2s1. The topological polar surface area (TPSA) is 42.2 Å². The smallest absolute Gasteiger partial charge is 0.0907 e. The standard InChI is InChI=1S/C16H19N3S2/c1-10(2)19(9-12-5-4-6-20-12)15-8-14-16(7-13(15)17)21-11(3)18-14/h4-8,10H,9,17H2,1-3H3. The minimum atomic E-state index is 0.381. The van der Waals surface area contributed by atoms with Crippen LogP contribution in [0.4, 0.5) is 11.4 Å². The third-order valence-electron chi connectivity index (χ3n) is 3.48. The molecule has 3 rings (SSSR count). The zero-order valence-corrected chi connectivity index (χ0v) is 14.1. The molecule has 0 saturated heterocycles. The zero-order chi connectivity index (χ0) is 15.0. The summed E-state index contributed by atoms with van der Waals surface area (Å²) in [6.45, 7) is 7.31. The lowest BCUT2D eigenvalue weighted by atomic mass is 10.2. The lowest BCUT2D eigenvalue weighted by Gasteiger charge is -2.29. The van der Waals surface area contributed by atoms with Gasteiger partial charge in [0, 0.05) is 10.9 Å². The second kappa shape index (κ2) is 5.66. The van der Waals surface area contributed by atoms with Crippen molar-refractivity contribution >= 4 is 44.3 Å². The molecule has 1 aromatic carbocycles. The molecule has 0 aliphatic rings.